The lowest BCUT2D eigenvalue weighted by Gasteiger charge is -2.37. The second-order valence-corrected chi connectivity index (χ2v) is 11.8. The number of ether oxygens (including phenoxy) is 1. The standard InChI is InChI=1S/C30H34N2O4/c33-28(34)23-7-9-24(10-8-23)32-18-30(36-29(32)35)11-13-31(14-12-30)17-19-15-25(20-1-2-20)27(22-5-6-22)26(16-19)21-3-4-21/h7-10,15-16,20-22H,1-6,11-14,17-18H2,(H,33,34). The molecule has 0 atom stereocenters. The molecule has 2 aromatic carbocycles. The molecule has 3 aliphatic carbocycles. The summed E-state index contributed by atoms with van der Waals surface area (Å²) in [6.07, 6.45) is 9.53. The molecule has 2 heterocycles. The fraction of sp³-hybridized carbons (Fsp3) is 0.533. The van der Waals surface area contributed by atoms with Crippen molar-refractivity contribution in [3.8, 4) is 0 Å². The van der Waals surface area contributed by atoms with Crippen molar-refractivity contribution in [2.45, 2.75) is 81.3 Å². The van der Waals surface area contributed by atoms with E-state index in [1.165, 1.54) is 44.1 Å². The summed E-state index contributed by atoms with van der Waals surface area (Å²) in [4.78, 5) is 28.1. The summed E-state index contributed by atoms with van der Waals surface area (Å²) in [5, 5.41) is 9.14. The van der Waals surface area contributed by atoms with Gasteiger partial charge in [-0.3, -0.25) is 9.80 Å². The number of hydrogen-bond donors (Lipinski definition) is 1. The molecule has 0 unspecified atom stereocenters. The van der Waals surface area contributed by atoms with Gasteiger partial charge in [-0.2, -0.15) is 0 Å². The molecule has 1 N–H and O–H groups in total. The number of carbonyl (C=O) groups excluding carboxylic acids is 1. The molecule has 3 saturated carbocycles. The third-order valence-electron chi connectivity index (χ3n) is 8.89. The molecule has 1 amide bonds. The topological polar surface area (TPSA) is 70.1 Å². The van der Waals surface area contributed by atoms with Gasteiger partial charge < -0.3 is 9.84 Å². The van der Waals surface area contributed by atoms with E-state index in [4.69, 9.17) is 9.84 Å². The Kier molecular flexibility index (Phi) is 5.18. The number of hydrogen-bond acceptors (Lipinski definition) is 4. The molecule has 0 aromatic heterocycles. The van der Waals surface area contributed by atoms with E-state index < -0.39 is 11.6 Å². The number of carbonyl (C=O) groups is 2. The number of carboxylic acids is 1. The lowest BCUT2D eigenvalue weighted by Crippen LogP contribution is -2.46. The Morgan fingerprint density at radius 2 is 1.50 bits per heavy atom. The maximum absolute atomic E-state index is 12.7. The van der Waals surface area contributed by atoms with E-state index in [1.807, 2.05) is 0 Å². The van der Waals surface area contributed by atoms with Crippen LogP contribution in [0.3, 0.4) is 0 Å². The van der Waals surface area contributed by atoms with Gasteiger partial charge in [0.1, 0.15) is 5.60 Å². The maximum Gasteiger partial charge on any atom is 0.415 e. The van der Waals surface area contributed by atoms with Crippen LogP contribution in [0, 0.1) is 0 Å². The normalized spacial score (nSPS) is 23.8. The van der Waals surface area contributed by atoms with E-state index in [1.54, 1.807) is 45.9 Å². The van der Waals surface area contributed by atoms with Crippen LogP contribution in [-0.2, 0) is 11.3 Å². The van der Waals surface area contributed by atoms with Crippen LogP contribution in [0.25, 0.3) is 0 Å². The summed E-state index contributed by atoms with van der Waals surface area (Å²) in [5.41, 5.74) is 7.04. The van der Waals surface area contributed by atoms with E-state index in [2.05, 4.69) is 17.0 Å². The molecule has 6 nitrogen and oxygen atoms in total. The van der Waals surface area contributed by atoms with Gasteiger partial charge in [0.05, 0.1) is 12.1 Å². The smallest absolute Gasteiger partial charge is 0.415 e. The third kappa shape index (κ3) is 4.19. The van der Waals surface area contributed by atoms with Crippen LogP contribution in [0.15, 0.2) is 36.4 Å². The van der Waals surface area contributed by atoms with Crippen LogP contribution in [0.1, 0.15) is 102 Å². The first-order valence-corrected chi connectivity index (χ1v) is 13.7. The molecule has 6 heteroatoms. The number of carboxylic acid groups (broad SMARTS) is 1. The van der Waals surface area contributed by atoms with Gasteiger partial charge in [0.25, 0.3) is 0 Å². The van der Waals surface area contributed by atoms with Crippen LogP contribution in [0.2, 0.25) is 0 Å². The molecule has 2 aromatic rings. The number of benzene rings is 2. The Morgan fingerprint density at radius 1 is 0.917 bits per heavy atom. The monoisotopic (exact) mass is 486 g/mol. The van der Waals surface area contributed by atoms with Crippen molar-refractivity contribution in [3.63, 3.8) is 0 Å². The summed E-state index contributed by atoms with van der Waals surface area (Å²) >= 11 is 0. The SMILES string of the molecule is O=C(O)c1ccc(N2CC3(CCN(Cc4cc(C5CC5)c(C5CC5)c(C5CC5)c4)CC3)OC2=O)cc1. The Balaban J connectivity index is 1.04. The predicted molar refractivity (Wildman–Crippen MR) is 137 cm³/mol. The summed E-state index contributed by atoms with van der Waals surface area (Å²) < 4.78 is 5.94. The molecule has 5 aliphatic rings. The molecule has 0 radical (unpaired) electrons. The minimum atomic E-state index is -0.968. The Morgan fingerprint density at radius 3 is 2.03 bits per heavy atom. The van der Waals surface area contributed by atoms with Crippen molar-refractivity contribution in [1.82, 2.24) is 4.90 Å². The molecule has 36 heavy (non-hydrogen) atoms. The number of amides is 1. The van der Waals surface area contributed by atoms with Gasteiger partial charge in [0.2, 0.25) is 0 Å². The molecule has 5 fully saturated rings. The number of likely N-dealkylation sites (tertiary alicyclic amines) is 1. The fourth-order valence-corrected chi connectivity index (χ4v) is 6.41. The largest absolute Gasteiger partial charge is 0.478 e. The highest BCUT2D eigenvalue weighted by molar-refractivity contribution is 5.92. The van der Waals surface area contributed by atoms with Crippen molar-refractivity contribution >= 4 is 17.7 Å². The van der Waals surface area contributed by atoms with E-state index in [0.717, 1.165) is 50.2 Å². The second-order valence-electron chi connectivity index (χ2n) is 11.8. The summed E-state index contributed by atoms with van der Waals surface area (Å²) in [6, 6.07) is 11.6. The maximum atomic E-state index is 12.7. The van der Waals surface area contributed by atoms with Crippen LogP contribution in [0.4, 0.5) is 10.5 Å². The average Bonchev–Trinajstić information content (AvgIpc) is 3.74. The number of piperidine rings is 1. The molecule has 7 rings (SSSR count). The molecular formula is C30H34N2O4. The predicted octanol–water partition coefficient (Wildman–Crippen LogP) is 6.01. The van der Waals surface area contributed by atoms with E-state index >= 15 is 0 Å². The van der Waals surface area contributed by atoms with Crippen LogP contribution in [0.5, 0.6) is 0 Å². The van der Waals surface area contributed by atoms with Gasteiger partial charge >= 0.3 is 12.1 Å². The quantitative estimate of drug-likeness (QED) is 0.519. The highest BCUT2D eigenvalue weighted by atomic mass is 16.6. The second kappa shape index (κ2) is 8.34. The van der Waals surface area contributed by atoms with Crippen molar-refractivity contribution in [1.29, 1.82) is 0 Å². The van der Waals surface area contributed by atoms with Crippen LogP contribution in [-0.4, -0.2) is 47.3 Å². The first-order valence-electron chi connectivity index (χ1n) is 13.7. The zero-order chi connectivity index (χ0) is 24.4. The summed E-state index contributed by atoms with van der Waals surface area (Å²) in [5.74, 6) is 1.47. The lowest BCUT2D eigenvalue weighted by molar-refractivity contribution is -0.000989. The highest BCUT2D eigenvalue weighted by Crippen LogP contribution is 2.55. The first kappa shape index (κ1) is 22.3. The van der Waals surface area contributed by atoms with E-state index in [0.29, 0.717) is 12.2 Å². The minimum absolute atomic E-state index is 0.217. The van der Waals surface area contributed by atoms with Crippen LogP contribution < -0.4 is 4.90 Å². The third-order valence-corrected chi connectivity index (χ3v) is 8.89. The van der Waals surface area contributed by atoms with Crippen LogP contribution >= 0.6 is 0 Å². The molecule has 1 spiro atoms. The Labute approximate surface area is 212 Å². The minimum Gasteiger partial charge on any atom is -0.478 e. The van der Waals surface area contributed by atoms with Gasteiger partial charge in [0.15, 0.2) is 0 Å². The zero-order valence-electron chi connectivity index (χ0n) is 20.7. The van der Waals surface area contributed by atoms with Crippen molar-refractivity contribution in [2.24, 2.45) is 0 Å². The van der Waals surface area contributed by atoms with Gasteiger partial charge in [-0.1, -0.05) is 12.1 Å². The summed E-state index contributed by atoms with van der Waals surface area (Å²) in [6.45, 7) is 3.34. The molecular weight excluding hydrogens is 452 g/mol. The lowest BCUT2D eigenvalue weighted by atomic mass is 9.88. The van der Waals surface area contributed by atoms with Gasteiger partial charge in [0, 0.05) is 38.2 Å². The number of nitrogens with zero attached hydrogens (tertiary/aromatic N) is 2. The summed E-state index contributed by atoms with van der Waals surface area (Å²) in [7, 11) is 0. The van der Waals surface area contributed by atoms with E-state index in [9.17, 15) is 9.59 Å². The van der Waals surface area contributed by atoms with Gasteiger partial charge in [-0.15, -0.1) is 0 Å². The molecule has 188 valence electrons. The van der Waals surface area contributed by atoms with Crippen molar-refractivity contribution < 1.29 is 19.4 Å². The number of anilines is 1. The zero-order valence-corrected chi connectivity index (χ0v) is 20.7. The first-order chi connectivity index (χ1) is 17.5. The van der Waals surface area contributed by atoms with Crippen molar-refractivity contribution in [3.05, 3.63) is 64.2 Å². The molecule has 0 bridgehead atoms. The molecule has 2 aliphatic heterocycles. The fourth-order valence-electron chi connectivity index (χ4n) is 6.41. The van der Waals surface area contributed by atoms with E-state index in [-0.39, 0.29) is 11.7 Å². The Bertz CT molecular complexity index is 1170. The molecule has 2 saturated heterocycles. The number of aromatic carboxylic acids is 1. The van der Waals surface area contributed by atoms with Gasteiger partial charge in [-0.05, 0) is 103 Å². The van der Waals surface area contributed by atoms with Crippen molar-refractivity contribution in [2.75, 3.05) is 24.5 Å². The van der Waals surface area contributed by atoms with Gasteiger partial charge in [-0.25, -0.2) is 9.59 Å². The highest BCUT2D eigenvalue weighted by Gasteiger charge is 2.47. The Hall–Kier alpha value is -2.86. The average molecular weight is 487 g/mol. The number of rotatable bonds is 7.